The van der Waals surface area contributed by atoms with Gasteiger partial charge in [0, 0.05) is 26.3 Å². The molecule has 0 saturated carbocycles. The number of hydrogen-bond donors (Lipinski definition) is 0. The minimum absolute atomic E-state index is 0.0211. The normalized spacial score (nSPS) is 17.0. The van der Waals surface area contributed by atoms with Gasteiger partial charge in [0.1, 0.15) is 18.9 Å². The highest BCUT2D eigenvalue weighted by Crippen LogP contribution is 2.16. The number of furan rings is 1. The van der Waals surface area contributed by atoms with Crippen LogP contribution in [0.5, 0.6) is 0 Å². The molecule has 0 N–H and O–H groups in total. The lowest BCUT2D eigenvalue weighted by molar-refractivity contribution is -0.145. The molecule has 25 heavy (non-hydrogen) atoms. The zero-order valence-electron chi connectivity index (χ0n) is 15.3. The van der Waals surface area contributed by atoms with Crippen LogP contribution in [0.15, 0.2) is 22.8 Å². The number of ether oxygens (including phenoxy) is 2. The molecule has 140 valence electrons. The van der Waals surface area contributed by atoms with Crippen LogP contribution in [0.1, 0.15) is 32.4 Å². The van der Waals surface area contributed by atoms with Crippen LogP contribution >= 0.6 is 0 Å². The van der Waals surface area contributed by atoms with Gasteiger partial charge < -0.3 is 23.7 Å². The Balaban J connectivity index is 2.05. The maximum atomic E-state index is 12.9. The first-order valence-corrected chi connectivity index (χ1v) is 8.71. The van der Waals surface area contributed by atoms with Gasteiger partial charge in [-0.2, -0.15) is 0 Å². The Kier molecular flexibility index (Phi) is 7.46. The summed E-state index contributed by atoms with van der Waals surface area (Å²) in [5, 5.41) is 0. The van der Waals surface area contributed by atoms with E-state index in [1.807, 2.05) is 19.9 Å². The number of rotatable bonds is 9. The summed E-state index contributed by atoms with van der Waals surface area (Å²) in [6.45, 7) is 5.37. The zero-order valence-corrected chi connectivity index (χ0v) is 15.3. The van der Waals surface area contributed by atoms with Crippen LogP contribution in [0.25, 0.3) is 0 Å². The number of carbonyl (C=O) groups excluding carboxylic acids is 2. The van der Waals surface area contributed by atoms with Crippen molar-refractivity contribution in [1.82, 2.24) is 9.80 Å². The molecule has 0 unspecified atom stereocenters. The van der Waals surface area contributed by atoms with Gasteiger partial charge in [-0.3, -0.25) is 9.59 Å². The highest BCUT2D eigenvalue weighted by molar-refractivity contribution is 5.85. The van der Waals surface area contributed by atoms with Crippen molar-refractivity contribution in [2.75, 3.05) is 33.4 Å². The van der Waals surface area contributed by atoms with Gasteiger partial charge >= 0.3 is 0 Å². The maximum Gasteiger partial charge on any atom is 0.249 e. The van der Waals surface area contributed by atoms with Crippen molar-refractivity contribution in [3.8, 4) is 0 Å². The van der Waals surface area contributed by atoms with Gasteiger partial charge in [0.2, 0.25) is 11.8 Å². The summed E-state index contributed by atoms with van der Waals surface area (Å²) in [5.74, 6) is 0.400. The summed E-state index contributed by atoms with van der Waals surface area (Å²) in [4.78, 5) is 28.3. The Labute approximate surface area is 148 Å². The second kappa shape index (κ2) is 9.58. The summed E-state index contributed by atoms with van der Waals surface area (Å²) in [5.41, 5.74) is 0. The fourth-order valence-corrected chi connectivity index (χ4v) is 2.89. The van der Waals surface area contributed by atoms with E-state index >= 15 is 0 Å². The predicted octanol–water partition coefficient (Wildman–Crippen LogP) is 1.67. The van der Waals surface area contributed by atoms with Gasteiger partial charge in [-0.1, -0.05) is 0 Å². The molecule has 1 aromatic rings. The van der Waals surface area contributed by atoms with Crippen LogP contribution in [-0.4, -0.2) is 67.2 Å². The molecule has 1 aromatic heterocycles. The van der Waals surface area contributed by atoms with Crippen LogP contribution < -0.4 is 0 Å². The van der Waals surface area contributed by atoms with Crippen LogP contribution in [0, 0.1) is 0 Å². The van der Waals surface area contributed by atoms with Crippen molar-refractivity contribution >= 4 is 11.8 Å². The molecule has 2 rings (SSSR count). The Morgan fingerprint density at radius 3 is 2.72 bits per heavy atom. The van der Waals surface area contributed by atoms with Gasteiger partial charge in [0.15, 0.2) is 0 Å². The molecule has 1 saturated heterocycles. The van der Waals surface area contributed by atoms with E-state index in [4.69, 9.17) is 13.9 Å². The molecule has 0 spiro atoms. The van der Waals surface area contributed by atoms with Gasteiger partial charge in [-0.15, -0.1) is 0 Å². The number of amides is 2. The first-order valence-electron chi connectivity index (χ1n) is 8.71. The fourth-order valence-electron chi connectivity index (χ4n) is 2.89. The molecule has 0 bridgehead atoms. The third kappa shape index (κ3) is 5.86. The molecule has 7 nitrogen and oxygen atoms in total. The predicted molar refractivity (Wildman–Crippen MR) is 91.8 cm³/mol. The topological polar surface area (TPSA) is 72.2 Å². The highest BCUT2D eigenvalue weighted by Gasteiger charge is 2.27. The molecule has 2 amide bonds. The lowest BCUT2D eigenvalue weighted by atomic mass is 10.2. The second-order valence-electron chi connectivity index (χ2n) is 6.54. The van der Waals surface area contributed by atoms with Crippen molar-refractivity contribution in [1.29, 1.82) is 0 Å². The lowest BCUT2D eigenvalue weighted by Gasteiger charge is -2.30. The largest absolute Gasteiger partial charge is 0.467 e. The number of hydrogen-bond acceptors (Lipinski definition) is 5. The van der Waals surface area contributed by atoms with Crippen LogP contribution in [-0.2, 0) is 25.6 Å². The van der Waals surface area contributed by atoms with Crippen molar-refractivity contribution in [2.45, 2.75) is 45.4 Å². The molecular weight excluding hydrogens is 324 g/mol. The Morgan fingerprint density at radius 1 is 1.36 bits per heavy atom. The van der Waals surface area contributed by atoms with E-state index in [2.05, 4.69) is 0 Å². The summed E-state index contributed by atoms with van der Waals surface area (Å²) in [6.07, 6.45) is 3.59. The van der Waals surface area contributed by atoms with Crippen molar-refractivity contribution in [3.63, 3.8) is 0 Å². The summed E-state index contributed by atoms with van der Waals surface area (Å²) >= 11 is 0. The fraction of sp³-hybridized carbons (Fsp3) is 0.667. The average molecular weight is 352 g/mol. The highest BCUT2D eigenvalue weighted by atomic mass is 16.5. The molecule has 7 heteroatoms. The van der Waals surface area contributed by atoms with Gasteiger partial charge in [0.25, 0.3) is 0 Å². The molecule has 0 aromatic carbocycles. The monoisotopic (exact) mass is 352 g/mol. The van der Waals surface area contributed by atoms with E-state index in [0.717, 1.165) is 19.4 Å². The molecule has 0 radical (unpaired) electrons. The van der Waals surface area contributed by atoms with Crippen molar-refractivity contribution < 1.29 is 23.5 Å². The van der Waals surface area contributed by atoms with Crippen LogP contribution in [0.4, 0.5) is 0 Å². The first-order chi connectivity index (χ1) is 12.0. The molecule has 1 atom stereocenters. The summed E-state index contributed by atoms with van der Waals surface area (Å²) in [6, 6.07) is 3.55. The minimum atomic E-state index is -0.194. The maximum absolute atomic E-state index is 12.9. The minimum Gasteiger partial charge on any atom is -0.467 e. The second-order valence-corrected chi connectivity index (χ2v) is 6.54. The molecular formula is C18H28N2O5. The first kappa shape index (κ1) is 19.5. The SMILES string of the molecule is COCC(=O)N(CC(=O)N(Cc1ccco1)C[C@H]1CCCO1)C(C)C. The van der Waals surface area contributed by atoms with E-state index in [0.29, 0.717) is 18.8 Å². The van der Waals surface area contributed by atoms with E-state index in [-0.39, 0.29) is 37.1 Å². The van der Waals surface area contributed by atoms with E-state index < -0.39 is 0 Å². The zero-order chi connectivity index (χ0) is 18.2. The third-order valence-electron chi connectivity index (χ3n) is 4.24. The molecule has 1 aliphatic rings. The molecule has 0 aliphatic carbocycles. The number of methoxy groups -OCH3 is 1. The number of carbonyl (C=O) groups is 2. The number of nitrogens with zero attached hydrogens (tertiary/aromatic N) is 2. The molecule has 1 fully saturated rings. The van der Waals surface area contributed by atoms with E-state index in [9.17, 15) is 9.59 Å². The molecule has 1 aliphatic heterocycles. The lowest BCUT2D eigenvalue weighted by Crippen LogP contribution is -2.48. The van der Waals surface area contributed by atoms with Gasteiger partial charge in [-0.25, -0.2) is 0 Å². The molecule has 2 heterocycles. The van der Waals surface area contributed by atoms with E-state index in [1.165, 1.54) is 12.0 Å². The standard InChI is InChI=1S/C18H28N2O5/c1-14(2)20(18(22)13-23-3)12-17(21)19(10-15-6-4-8-24-15)11-16-7-5-9-25-16/h4,6,8,14,16H,5,7,9-13H2,1-3H3/t16-/m1/s1. The van der Waals surface area contributed by atoms with Crippen molar-refractivity contribution in [3.05, 3.63) is 24.2 Å². The summed E-state index contributed by atoms with van der Waals surface area (Å²) in [7, 11) is 1.47. The Bertz CT molecular complexity index is 538. The van der Waals surface area contributed by atoms with Gasteiger partial charge in [-0.05, 0) is 38.8 Å². The van der Waals surface area contributed by atoms with Crippen LogP contribution in [0.2, 0.25) is 0 Å². The average Bonchev–Trinajstić information content (AvgIpc) is 3.25. The smallest absolute Gasteiger partial charge is 0.249 e. The third-order valence-corrected chi connectivity index (χ3v) is 4.24. The quantitative estimate of drug-likeness (QED) is 0.676. The van der Waals surface area contributed by atoms with E-state index in [1.54, 1.807) is 17.2 Å². The Hall–Kier alpha value is -1.86. The van der Waals surface area contributed by atoms with Crippen LogP contribution in [0.3, 0.4) is 0 Å². The van der Waals surface area contributed by atoms with Gasteiger partial charge in [0.05, 0.1) is 18.9 Å². The van der Waals surface area contributed by atoms with Crippen molar-refractivity contribution in [2.24, 2.45) is 0 Å². The Morgan fingerprint density at radius 2 is 2.16 bits per heavy atom. The summed E-state index contributed by atoms with van der Waals surface area (Å²) < 4.78 is 16.0.